The van der Waals surface area contributed by atoms with Crippen LogP contribution in [0.5, 0.6) is 5.75 Å². The van der Waals surface area contributed by atoms with Crippen LogP contribution >= 0.6 is 0 Å². The number of benzene rings is 1. The van der Waals surface area contributed by atoms with Crippen molar-refractivity contribution in [1.82, 2.24) is 9.88 Å². The van der Waals surface area contributed by atoms with Crippen LogP contribution in [0.4, 0.5) is 18.9 Å². The number of carbonyl (C=O) groups is 1. The summed E-state index contributed by atoms with van der Waals surface area (Å²) < 4.78 is 51.1. The molecule has 1 saturated heterocycles. The largest absolute Gasteiger partial charge is 0.490 e. The topological polar surface area (TPSA) is 82.6 Å². The molecule has 7 nitrogen and oxygen atoms in total. The fourth-order valence-electron chi connectivity index (χ4n) is 3.74. The summed E-state index contributed by atoms with van der Waals surface area (Å²) in [4.78, 5) is 20.4. The minimum Gasteiger partial charge on any atom is -0.490 e. The van der Waals surface area contributed by atoms with Gasteiger partial charge in [-0.1, -0.05) is 0 Å². The number of piperazine rings is 1. The van der Waals surface area contributed by atoms with Crippen molar-refractivity contribution in [1.29, 1.82) is 5.26 Å². The van der Waals surface area contributed by atoms with Crippen LogP contribution < -0.4 is 9.64 Å². The zero-order valence-corrected chi connectivity index (χ0v) is 17.3. The van der Waals surface area contributed by atoms with Crippen molar-refractivity contribution >= 4 is 11.6 Å². The molecule has 3 aromatic rings. The third-order valence-corrected chi connectivity index (χ3v) is 5.38. The van der Waals surface area contributed by atoms with Crippen molar-refractivity contribution in [3.63, 3.8) is 0 Å². The Labute approximate surface area is 187 Å². The van der Waals surface area contributed by atoms with E-state index in [1.807, 2.05) is 0 Å². The molecule has 1 amide bonds. The van der Waals surface area contributed by atoms with Gasteiger partial charge in [-0.15, -0.1) is 0 Å². The minimum atomic E-state index is -4.65. The van der Waals surface area contributed by atoms with Crippen molar-refractivity contribution in [3.05, 3.63) is 78.0 Å². The summed E-state index contributed by atoms with van der Waals surface area (Å²) in [6.45, 7) is 0.948. The maximum atomic E-state index is 13.4. The van der Waals surface area contributed by atoms with E-state index in [1.165, 1.54) is 24.7 Å². The molecule has 0 aliphatic carbocycles. The second-order valence-corrected chi connectivity index (χ2v) is 7.45. The number of nitriles is 1. The normalized spacial score (nSPS) is 16.4. The molecular weight excluding hydrogens is 437 g/mol. The maximum absolute atomic E-state index is 13.4. The number of pyridine rings is 1. The molecular formula is C23H19F3N4O3. The van der Waals surface area contributed by atoms with Gasteiger partial charge in [0.1, 0.15) is 18.6 Å². The predicted molar refractivity (Wildman–Crippen MR) is 112 cm³/mol. The van der Waals surface area contributed by atoms with Gasteiger partial charge in [0.25, 0.3) is 5.91 Å². The van der Waals surface area contributed by atoms with Gasteiger partial charge in [-0.05, 0) is 36.4 Å². The number of amides is 1. The summed E-state index contributed by atoms with van der Waals surface area (Å²) in [7, 11) is 0. The van der Waals surface area contributed by atoms with E-state index in [0.29, 0.717) is 23.5 Å². The second-order valence-electron chi connectivity index (χ2n) is 7.45. The summed E-state index contributed by atoms with van der Waals surface area (Å²) in [5, 5.41) is 9.05. The molecule has 4 rings (SSSR count). The quantitative estimate of drug-likeness (QED) is 0.578. The number of carbonyl (C=O) groups excluding carboxylic acids is 1. The van der Waals surface area contributed by atoms with Crippen molar-refractivity contribution in [2.75, 3.05) is 31.1 Å². The number of nitrogens with zero attached hydrogens (tertiary/aromatic N) is 4. The van der Waals surface area contributed by atoms with Gasteiger partial charge in [0.05, 0.1) is 41.3 Å². The van der Waals surface area contributed by atoms with Crippen LogP contribution in [0, 0.1) is 11.3 Å². The highest BCUT2D eigenvalue weighted by atomic mass is 19.4. The Balaban J connectivity index is 1.59. The molecule has 1 fully saturated rings. The molecule has 0 bridgehead atoms. The molecule has 33 heavy (non-hydrogen) atoms. The van der Waals surface area contributed by atoms with Crippen LogP contribution in [0.25, 0.3) is 0 Å². The van der Waals surface area contributed by atoms with Crippen LogP contribution in [0.3, 0.4) is 0 Å². The molecule has 10 heteroatoms. The highest BCUT2D eigenvalue weighted by molar-refractivity contribution is 5.94. The highest BCUT2D eigenvalue weighted by Crippen LogP contribution is 2.35. The van der Waals surface area contributed by atoms with Crippen LogP contribution in [0.2, 0.25) is 0 Å². The number of aromatic nitrogens is 1. The van der Waals surface area contributed by atoms with Crippen LogP contribution in [0.15, 0.2) is 65.7 Å². The molecule has 170 valence electrons. The molecule has 3 heterocycles. The highest BCUT2D eigenvalue weighted by Gasteiger charge is 2.36. The lowest BCUT2D eigenvalue weighted by Gasteiger charge is -2.42. The Hall–Kier alpha value is -4.00. The van der Waals surface area contributed by atoms with E-state index in [-0.39, 0.29) is 25.6 Å². The number of ether oxygens (including phenoxy) is 1. The molecule has 1 atom stereocenters. The van der Waals surface area contributed by atoms with E-state index in [2.05, 4.69) is 4.98 Å². The second kappa shape index (κ2) is 9.24. The fraction of sp³-hybridized carbons (Fsp3) is 0.261. The minimum absolute atomic E-state index is 0.119. The standard InChI is InChI=1S/C23H19F3N4O3/c24-23(25,26)21-10-18(4-3-16(21)11-27)29-7-8-30(22(31)17-5-9-32-14-17)19(13-29)15-33-20-2-1-6-28-12-20/h1-6,9-10,12,14,19H,7-8,13,15H2. The molecule has 0 saturated carbocycles. The third-order valence-electron chi connectivity index (χ3n) is 5.38. The monoisotopic (exact) mass is 456 g/mol. The molecule has 0 radical (unpaired) electrons. The van der Waals surface area contributed by atoms with E-state index in [1.54, 1.807) is 46.5 Å². The summed E-state index contributed by atoms with van der Waals surface area (Å²) in [5.74, 6) is 0.266. The molecule has 1 aliphatic rings. The summed E-state index contributed by atoms with van der Waals surface area (Å²) in [5.41, 5.74) is -0.713. The fourth-order valence-corrected chi connectivity index (χ4v) is 3.74. The third kappa shape index (κ3) is 4.92. The van der Waals surface area contributed by atoms with Crippen molar-refractivity contribution in [2.24, 2.45) is 0 Å². The molecule has 0 spiro atoms. The number of hydrogen-bond acceptors (Lipinski definition) is 6. The summed E-state index contributed by atoms with van der Waals surface area (Å²) in [6.07, 6.45) is 1.25. The first kappa shape index (κ1) is 22.2. The summed E-state index contributed by atoms with van der Waals surface area (Å²) in [6, 6.07) is 9.77. The lowest BCUT2D eigenvalue weighted by molar-refractivity contribution is -0.137. The Morgan fingerprint density at radius 1 is 1.27 bits per heavy atom. The zero-order valence-electron chi connectivity index (χ0n) is 17.3. The average molecular weight is 456 g/mol. The average Bonchev–Trinajstić information content (AvgIpc) is 3.37. The van der Waals surface area contributed by atoms with Gasteiger partial charge in [-0.3, -0.25) is 9.78 Å². The molecule has 1 aromatic carbocycles. The van der Waals surface area contributed by atoms with Crippen LogP contribution in [-0.2, 0) is 6.18 Å². The van der Waals surface area contributed by atoms with Crippen LogP contribution in [0.1, 0.15) is 21.5 Å². The Morgan fingerprint density at radius 2 is 2.12 bits per heavy atom. The van der Waals surface area contributed by atoms with Gasteiger partial charge < -0.3 is 19.0 Å². The summed E-state index contributed by atoms with van der Waals surface area (Å²) >= 11 is 0. The van der Waals surface area contributed by atoms with E-state index in [4.69, 9.17) is 14.4 Å². The lowest BCUT2D eigenvalue weighted by atomic mass is 10.0. The number of rotatable bonds is 5. The first-order valence-corrected chi connectivity index (χ1v) is 10.1. The number of anilines is 1. The Kier molecular flexibility index (Phi) is 6.22. The first-order chi connectivity index (χ1) is 15.9. The van der Waals surface area contributed by atoms with Gasteiger partial charge in [-0.2, -0.15) is 18.4 Å². The SMILES string of the molecule is N#Cc1ccc(N2CCN(C(=O)c3ccoc3)C(COc3cccnc3)C2)cc1C(F)(F)F. The molecule has 2 aromatic heterocycles. The molecule has 1 aliphatic heterocycles. The number of halogens is 3. The molecule has 0 N–H and O–H groups in total. The van der Waals surface area contributed by atoms with Crippen molar-refractivity contribution in [3.8, 4) is 11.8 Å². The van der Waals surface area contributed by atoms with Crippen molar-refractivity contribution in [2.45, 2.75) is 12.2 Å². The number of alkyl halides is 3. The van der Waals surface area contributed by atoms with Gasteiger partial charge in [-0.25, -0.2) is 0 Å². The Morgan fingerprint density at radius 3 is 2.79 bits per heavy atom. The van der Waals surface area contributed by atoms with E-state index in [0.717, 1.165) is 6.07 Å². The van der Waals surface area contributed by atoms with Crippen molar-refractivity contribution < 1.29 is 27.1 Å². The lowest BCUT2D eigenvalue weighted by Crippen LogP contribution is -2.57. The van der Waals surface area contributed by atoms with E-state index in [9.17, 15) is 18.0 Å². The van der Waals surface area contributed by atoms with E-state index >= 15 is 0 Å². The maximum Gasteiger partial charge on any atom is 0.417 e. The van der Waals surface area contributed by atoms with Crippen LogP contribution in [-0.4, -0.2) is 48.1 Å². The Bertz CT molecular complexity index is 1140. The predicted octanol–water partition coefficient (Wildman–Crippen LogP) is 3.98. The van der Waals surface area contributed by atoms with Gasteiger partial charge in [0.15, 0.2) is 0 Å². The van der Waals surface area contributed by atoms with Gasteiger partial charge >= 0.3 is 6.18 Å². The van der Waals surface area contributed by atoms with Gasteiger partial charge in [0, 0.05) is 31.5 Å². The zero-order chi connectivity index (χ0) is 23.4. The number of furan rings is 1. The molecule has 1 unspecified atom stereocenters. The van der Waals surface area contributed by atoms with Gasteiger partial charge in [0.2, 0.25) is 0 Å². The first-order valence-electron chi connectivity index (χ1n) is 10.1. The smallest absolute Gasteiger partial charge is 0.417 e. The van der Waals surface area contributed by atoms with E-state index < -0.39 is 23.3 Å². The number of hydrogen-bond donors (Lipinski definition) is 0.